The fourth-order valence-corrected chi connectivity index (χ4v) is 3.81. The van der Waals surface area contributed by atoms with Gasteiger partial charge in [0.2, 0.25) is 5.91 Å². The second kappa shape index (κ2) is 5.57. The van der Waals surface area contributed by atoms with E-state index in [4.69, 9.17) is 0 Å². The van der Waals surface area contributed by atoms with E-state index in [1.165, 1.54) is 27.1 Å². The summed E-state index contributed by atoms with van der Waals surface area (Å²) < 4.78 is 0. The molecule has 1 atom stereocenters. The number of carbonyl (C=O) groups excluding carboxylic acids is 1. The van der Waals surface area contributed by atoms with Crippen molar-refractivity contribution in [2.45, 2.75) is 37.3 Å². The van der Waals surface area contributed by atoms with Gasteiger partial charge in [-0.15, -0.1) is 11.8 Å². The smallest absolute Gasteiger partial charge is 0.238 e. The molecule has 0 aliphatic carbocycles. The zero-order valence-electron chi connectivity index (χ0n) is 12.6. The lowest BCUT2D eigenvalue weighted by Crippen LogP contribution is -2.24. The maximum Gasteiger partial charge on any atom is 0.238 e. The minimum atomic E-state index is -0.0246. The van der Waals surface area contributed by atoms with Crippen molar-refractivity contribution in [3.8, 4) is 0 Å². The lowest BCUT2D eigenvalue weighted by molar-refractivity contribution is -0.115. The number of nitrogens with one attached hydrogen (secondary N) is 1. The summed E-state index contributed by atoms with van der Waals surface area (Å²) in [6.07, 6.45) is 0.816. The highest BCUT2D eigenvalue weighted by atomic mass is 32.2. The monoisotopic (exact) mass is 297 g/mol. The predicted octanol–water partition coefficient (Wildman–Crippen LogP) is 4.27. The summed E-state index contributed by atoms with van der Waals surface area (Å²) in [5.41, 5.74) is 5.86. The van der Waals surface area contributed by atoms with E-state index in [1.54, 1.807) is 11.8 Å². The number of aryl methyl sites for hydroxylation is 3. The molecule has 0 saturated carbocycles. The Kier molecular flexibility index (Phi) is 3.77. The van der Waals surface area contributed by atoms with Gasteiger partial charge in [0.05, 0.1) is 5.25 Å². The normalized spacial score (nSPS) is 16.6. The summed E-state index contributed by atoms with van der Waals surface area (Å²) in [6.45, 7) is 6.23. The standard InChI is InChI=1S/C18H19NOS/c1-11-4-6-14-10-17(21-16(14)8-11)18(20)19-15-7-5-12(2)13(3)9-15/h4-9,17H,10H2,1-3H3,(H,19,20)/t17-/m0/s1. The van der Waals surface area contributed by atoms with Gasteiger partial charge in [0, 0.05) is 10.6 Å². The number of rotatable bonds is 2. The molecular weight excluding hydrogens is 278 g/mol. The van der Waals surface area contributed by atoms with Gasteiger partial charge in [0.25, 0.3) is 0 Å². The Bertz CT molecular complexity index is 708. The fourth-order valence-electron chi connectivity index (χ4n) is 2.52. The van der Waals surface area contributed by atoms with E-state index >= 15 is 0 Å². The average molecular weight is 297 g/mol. The third kappa shape index (κ3) is 2.98. The average Bonchev–Trinajstić information content (AvgIpc) is 2.86. The number of thioether (sulfide) groups is 1. The number of hydrogen-bond donors (Lipinski definition) is 1. The molecule has 0 bridgehead atoms. The van der Waals surface area contributed by atoms with Crippen molar-refractivity contribution in [1.29, 1.82) is 0 Å². The van der Waals surface area contributed by atoms with Gasteiger partial charge in [-0.3, -0.25) is 4.79 Å². The Hall–Kier alpha value is -1.74. The molecule has 0 saturated heterocycles. The highest BCUT2D eigenvalue weighted by Gasteiger charge is 2.28. The number of benzene rings is 2. The minimum Gasteiger partial charge on any atom is -0.325 e. The van der Waals surface area contributed by atoms with Crippen molar-refractivity contribution >= 4 is 23.4 Å². The minimum absolute atomic E-state index is 0.0246. The number of hydrogen-bond acceptors (Lipinski definition) is 2. The summed E-state index contributed by atoms with van der Waals surface area (Å²) in [5, 5.41) is 3.02. The highest BCUT2D eigenvalue weighted by Crippen LogP contribution is 2.38. The lowest BCUT2D eigenvalue weighted by Gasteiger charge is -2.11. The van der Waals surface area contributed by atoms with Gasteiger partial charge in [-0.1, -0.05) is 23.8 Å². The van der Waals surface area contributed by atoms with Crippen LogP contribution in [-0.2, 0) is 11.2 Å². The van der Waals surface area contributed by atoms with Crippen LogP contribution in [0.25, 0.3) is 0 Å². The van der Waals surface area contributed by atoms with Gasteiger partial charge < -0.3 is 5.32 Å². The van der Waals surface area contributed by atoms with Crippen LogP contribution in [-0.4, -0.2) is 11.2 Å². The number of fused-ring (bicyclic) bond motifs is 1. The Morgan fingerprint density at radius 3 is 2.67 bits per heavy atom. The molecule has 1 aliphatic heterocycles. The molecule has 1 aliphatic rings. The number of amides is 1. The lowest BCUT2D eigenvalue weighted by atomic mass is 10.1. The molecule has 0 aromatic heterocycles. The highest BCUT2D eigenvalue weighted by molar-refractivity contribution is 8.01. The molecule has 1 N–H and O–H groups in total. The second-order valence-corrected chi connectivity index (χ2v) is 6.95. The van der Waals surface area contributed by atoms with Gasteiger partial charge in [0.1, 0.15) is 0 Å². The second-order valence-electron chi connectivity index (χ2n) is 5.71. The van der Waals surface area contributed by atoms with E-state index in [1.807, 2.05) is 18.2 Å². The Balaban J connectivity index is 1.71. The van der Waals surface area contributed by atoms with Crippen LogP contribution in [0.3, 0.4) is 0 Å². The molecule has 2 aromatic rings. The quantitative estimate of drug-likeness (QED) is 0.897. The van der Waals surface area contributed by atoms with Crippen LogP contribution >= 0.6 is 11.8 Å². The van der Waals surface area contributed by atoms with Crippen LogP contribution in [0.5, 0.6) is 0 Å². The van der Waals surface area contributed by atoms with Crippen LogP contribution in [0.1, 0.15) is 22.3 Å². The summed E-state index contributed by atoms with van der Waals surface area (Å²) >= 11 is 1.67. The van der Waals surface area contributed by atoms with Crippen molar-refractivity contribution in [2.24, 2.45) is 0 Å². The first-order chi connectivity index (χ1) is 10.0. The van der Waals surface area contributed by atoms with E-state index in [9.17, 15) is 4.79 Å². The van der Waals surface area contributed by atoms with Crippen molar-refractivity contribution in [3.63, 3.8) is 0 Å². The molecule has 0 radical (unpaired) electrons. The van der Waals surface area contributed by atoms with Crippen molar-refractivity contribution < 1.29 is 4.79 Å². The van der Waals surface area contributed by atoms with E-state index in [0.29, 0.717) is 0 Å². The molecule has 0 unspecified atom stereocenters. The third-order valence-electron chi connectivity index (χ3n) is 3.96. The molecule has 3 heteroatoms. The van der Waals surface area contributed by atoms with Crippen LogP contribution < -0.4 is 5.32 Å². The van der Waals surface area contributed by atoms with E-state index in [0.717, 1.165) is 12.1 Å². The largest absolute Gasteiger partial charge is 0.325 e. The fraction of sp³-hybridized carbons (Fsp3) is 0.278. The first-order valence-corrected chi connectivity index (χ1v) is 8.05. The van der Waals surface area contributed by atoms with E-state index < -0.39 is 0 Å². The maximum absolute atomic E-state index is 12.4. The molecule has 21 heavy (non-hydrogen) atoms. The van der Waals surface area contributed by atoms with Crippen molar-refractivity contribution in [3.05, 3.63) is 58.7 Å². The first kappa shape index (κ1) is 14.2. The maximum atomic E-state index is 12.4. The molecule has 3 rings (SSSR count). The SMILES string of the molecule is Cc1ccc2c(c1)S[C@H](C(=O)Nc1ccc(C)c(C)c1)C2. The van der Waals surface area contributed by atoms with Crippen molar-refractivity contribution in [1.82, 2.24) is 0 Å². The van der Waals surface area contributed by atoms with Gasteiger partial charge in [-0.25, -0.2) is 0 Å². The summed E-state index contributed by atoms with van der Waals surface area (Å²) in [7, 11) is 0. The Morgan fingerprint density at radius 2 is 1.90 bits per heavy atom. The molecule has 1 amide bonds. The van der Waals surface area contributed by atoms with Gasteiger partial charge in [-0.2, -0.15) is 0 Å². The third-order valence-corrected chi connectivity index (χ3v) is 5.26. The van der Waals surface area contributed by atoms with E-state index in [-0.39, 0.29) is 11.2 Å². The summed E-state index contributed by atoms with van der Waals surface area (Å²) in [4.78, 5) is 13.7. The van der Waals surface area contributed by atoms with E-state index in [2.05, 4.69) is 44.3 Å². The zero-order valence-corrected chi connectivity index (χ0v) is 13.4. The Morgan fingerprint density at radius 1 is 1.10 bits per heavy atom. The Labute approximate surface area is 130 Å². The van der Waals surface area contributed by atoms with Gasteiger partial charge in [0.15, 0.2) is 0 Å². The number of carbonyl (C=O) groups is 1. The molecule has 1 heterocycles. The predicted molar refractivity (Wildman–Crippen MR) is 89.1 cm³/mol. The number of anilines is 1. The molecular formula is C18H19NOS. The summed E-state index contributed by atoms with van der Waals surface area (Å²) in [6, 6.07) is 12.5. The van der Waals surface area contributed by atoms with Crippen molar-refractivity contribution in [2.75, 3.05) is 5.32 Å². The zero-order chi connectivity index (χ0) is 15.0. The molecule has 0 fully saturated rings. The van der Waals surface area contributed by atoms with Crippen LogP contribution in [0.4, 0.5) is 5.69 Å². The topological polar surface area (TPSA) is 29.1 Å². The molecule has 2 aromatic carbocycles. The van der Waals surface area contributed by atoms with Crippen LogP contribution in [0.15, 0.2) is 41.3 Å². The molecule has 2 nitrogen and oxygen atoms in total. The van der Waals surface area contributed by atoms with Gasteiger partial charge >= 0.3 is 0 Å². The summed E-state index contributed by atoms with van der Waals surface area (Å²) in [5.74, 6) is 0.0945. The first-order valence-electron chi connectivity index (χ1n) is 7.17. The molecule has 108 valence electrons. The van der Waals surface area contributed by atoms with Gasteiger partial charge in [-0.05, 0) is 62.1 Å². The molecule has 0 spiro atoms. The van der Waals surface area contributed by atoms with Crippen LogP contribution in [0, 0.1) is 20.8 Å². The van der Waals surface area contributed by atoms with Crippen LogP contribution in [0.2, 0.25) is 0 Å².